The topological polar surface area (TPSA) is 94.8 Å². The Morgan fingerprint density at radius 2 is 2.03 bits per heavy atom. The van der Waals surface area contributed by atoms with E-state index in [1.807, 2.05) is 48.5 Å². The minimum Gasteiger partial charge on any atom is -0.496 e. The van der Waals surface area contributed by atoms with E-state index in [1.165, 1.54) is 11.0 Å². The highest BCUT2D eigenvalue weighted by atomic mass is 16.5. The van der Waals surface area contributed by atoms with Crippen molar-refractivity contribution in [3.63, 3.8) is 0 Å². The molecule has 0 spiro atoms. The molecule has 1 N–H and O–H groups in total. The van der Waals surface area contributed by atoms with E-state index in [1.54, 1.807) is 25.6 Å². The van der Waals surface area contributed by atoms with Crippen LogP contribution in [0.25, 0.3) is 16.8 Å². The summed E-state index contributed by atoms with van der Waals surface area (Å²) in [6.07, 6.45) is 5.72. The van der Waals surface area contributed by atoms with E-state index in [-0.39, 0.29) is 5.91 Å². The zero-order valence-electron chi connectivity index (χ0n) is 16.4. The monoisotopic (exact) mass is 400 g/mol. The molecule has 0 saturated carbocycles. The van der Waals surface area contributed by atoms with Crippen molar-refractivity contribution in [1.29, 1.82) is 0 Å². The lowest BCUT2D eigenvalue weighted by molar-refractivity contribution is 0.0954. The van der Waals surface area contributed by atoms with Crippen molar-refractivity contribution in [2.75, 3.05) is 13.7 Å². The number of pyridine rings is 1. The fourth-order valence-corrected chi connectivity index (χ4v) is 3.16. The zero-order chi connectivity index (χ0) is 20.8. The van der Waals surface area contributed by atoms with Crippen LogP contribution in [0.2, 0.25) is 0 Å². The number of nitrogens with one attached hydrogen (secondary N) is 1. The first-order valence-electron chi connectivity index (χ1n) is 9.43. The molecule has 2 heterocycles. The molecule has 0 aliphatic heterocycles. The molecule has 0 unspecified atom stereocenters. The summed E-state index contributed by atoms with van der Waals surface area (Å²) >= 11 is 0. The third-order valence-electron chi connectivity index (χ3n) is 4.63. The molecular weight excluding hydrogens is 380 g/mol. The van der Waals surface area contributed by atoms with Crippen LogP contribution in [0.5, 0.6) is 5.75 Å². The summed E-state index contributed by atoms with van der Waals surface area (Å²) in [7, 11) is 1.62. The van der Waals surface area contributed by atoms with Crippen LogP contribution in [0.15, 0.2) is 73.3 Å². The molecule has 0 aliphatic carbocycles. The number of para-hydroxylation sites is 1. The van der Waals surface area contributed by atoms with Crippen molar-refractivity contribution < 1.29 is 9.53 Å². The number of amides is 1. The highest BCUT2D eigenvalue weighted by molar-refractivity contribution is 5.96. The number of hydrogen-bond donors (Lipinski definition) is 1. The molecule has 0 fully saturated rings. The van der Waals surface area contributed by atoms with E-state index < -0.39 is 0 Å². The van der Waals surface area contributed by atoms with Crippen molar-refractivity contribution >= 4 is 5.91 Å². The average molecular weight is 400 g/mol. The lowest BCUT2D eigenvalue weighted by Crippen LogP contribution is -2.26. The molecular formula is C22H20N6O2. The number of benzene rings is 2. The zero-order valence-corrected chi connectivity index (χ0v) is 16.4. The summed E-state index contributed by atoms with van der Waals surface area (Å²) in [5.41, 5.74) is 3.96. The van der Waals surface area contributed by atoms with E-state index in [2.05, 4.69) is 25.8 Å². The largest absolute Gasteiger partial charge is 0.496 e. The SMILES string of the molecule is COc1ccccc1-c1cc(C(=O)NCCc2cccnc2)cc(-n2cnnn2)c1. The van der Waals surface area contributed by atoms with E-state index in [0.717, 1.165) is 16.7 Å². The molecule has 0 bridgehead atoms. The van der Waals surface area contributed by atoms with Gasteiger partial charge in [-0.25, -0.2) is 4.68 Å². The molecule has 30 heavy (non-hydrogen) atoms. The van der Waals surface area contributed by atoms with Crippen LogP contribution in [-0.4, -0.2) is 44.8 Å². The lowest BCUT2D eigenvalue weighted by Gasteiger charge is -2.13. The highest BCUT2D eigenvalue weighted by Gasteiger charge is 2.13. The summed E-state index contributed by atoms with van der Waals surface area (Å²) in [6, 6.07) is 17.0. The van der Waals surface area contributed by atoms with Crippen molar-refractivity contribution in [2.24, 2.45) is 0 Å². The first-order chi connectivity index (χ1) is 14.7. The Kier molecular flexibility index (Phi) is 5.75. The molecule has 8 heteroatoms. The van der Waals surface area contributed by atoms with Gasteiger partial charge in [0.2, 0.25) is 0 Å². The summed E-state index contributed by atoms with van der Waals surface area (Å²) in [5, 5.41) is 14.3. The average Bonchev–Trinajstić information content (AvgIpc) is 3.34. The van der Waals surface area contributed by atoms with Crippen LogP contribution in [0.1, 0.15) is 15.9 Å². The standard InChI is InChI=1S/C22H20N6O2/c1-30-21-7-3-2-6-20(21)17-11-18(13-19(12-17)28-15-25-26-27-28)22(29)24-10-8-16-5-4-9-23-14-16/h2-7,9,11-15H,8,10H2,1H3,(H,24,29). The van der Waals surface area contributed by atoms with Gasteiger partial charge in [-0.2, -0.15) is 0 Å². The summed E-state index contributed by atoms with van der Waals surface area (Å²) in [5.74, 6) is 0.541. The van der Waals surface area contributed by atoms with Crippen molar-refractivity contribution in [1.82, 2.24) is 30.5 Å². The number of ether oxygens (including phenoxy) is 1. The third-order valence-corrected chi connectivity index (χ3v) is 4.63. The molecule has 4 aromatic rings. The Morgan fingerprint density at radius 1 is 1.13 bits per heavy atom. The van der Waals surface area contributed by atoms with Gasteiger partial charge in [0.25, 0.3) is 5.91 Å². The Hall–Kier alpha value is -4.07. The van der Waals surface area contributed by atoms with Crippen molar-refractivity contribution in [3.8, 4) is 22.6 Å². The quantitative estimate of drug-likeness (QED) is 0.513. The molecule has 2 aromatic carbocycles. The molecule has 2 aromatic heterocycles. The van der Waals surface area contributed by atoms with Crippen LogP contribution < -0.4 is 10.1 Å². The maximum Gasteiger partial charge on any atom is 0.251 e. The van der Waals surface area contributed by atoms with Gasteiger partial charge in [-0.05, 0) is 58.3 Å². The first-order valence-corrected chi connectivity index (χ1v) is 9.43. The van der Waals surface area contributed by atoms with E-state index >= 15 is 0 Å². The molecule has 0 radical (unpaired) electrons. The number of carbonyl (C=O) groups is 1. The van der Waals surface area contributed by atoms with E-state index in [0.29, 0.717) is 30.0 Å². The van der Waals surface area contributed by atoms with Crippen LogP contribution in [0.3, 0.4) is 0 Å². The Labute approximate surface area is 173 Å². The van der Waals surface area contributed by atoms with Crippen LogP contribution >= 0.6 is 0 Å². The van der Waals surface area contributed by atoms with Gasteiger partial charge < -0.3 is 10.1 Å². The number of tetrazole rings is 1. The Morgan fingerprint density at radius 3 is 2.80 bits per heavy atom. The van der Waals surface area contributed by atoms with Gasteiger partial charge in [-0.15, -0.1) is 5.10 Å². The van der Waals surface area contributed by atoms with Gasteiger partial charge in [0.05, 0.1) is 12.8 Å². The van der Waals surface area contributed by atoms with E-state index in [4.69, 9.17) is 4.74 Å². The Bertz CT molecular complexity index is 1130. The fourth-order valence-electron chi connectivity index (χ4n) is 3.16. The minimum absolute atomic E-state index is 0.176. The van der Waals surface area contributed by atoms with Crippen molar-refractivity contribution in [2.45, 2.75) is 6.42 Å². The lowest BCUT2D eigenvalue weighted by atomic mass is 10.0. The fraction of sp³-hybridized carbons (Fsp3) is 0.136. The maximum absolute atomic E-state index is 12.9. The van der Waals surface area contributed by atoms with Crippen LogP contribution in [-0.2, 0) is 6.42 Å². The number of nitrogens with zero attached hydrogens (tertiary/aromatic N) is 5. The van der Waals surface area contributed by atoms with Gasteiger partial charge in [-0.1, -0.05) is 24.3 Å². The smallest absolute Gasteiger partial charge is 0.251 e. The molecule has 8 nitrogen and oxygen atoms in total. The molecule has 0 atom stereocenters. The van der Waals surface area contributed by atoms with Gasteiger partial charge in [0, 0.05) is 30.1 Å². The molecule has 150 valence electrons. The molecule has 0 aliphatic rings. The van der Waals surface area contributed by atoms with Crippen LogP contribution in [0.4, 0.5) is 0 Å². The number of aromatic nitrogens is 5. The maximum atomic E-state index is 12.9. The summed E-state index contributed by atoms with van der Waals surface area (Å²) in [6.45, 7) is 0.504. The number of carbonyl (C=O) groups excluding carboxylic acids is 1. The van der Waals surface area contributed by atoms with Gasteiger partial charge in [-0.3, -0.25) is 9.78 Å². The highest BCUT2D eigenvalue weighted by Crippen LogP contribution is 2.31. The second-order valence-corrected chi connectivity index (χ2v) is 6.59. The minimum atomic E-state index is -0.176. The molecule has 1 amide bonds. The number of rotatable bonds is 7. The van der Waals surface area contributed by atoms with Crippen molar-refractivity contribution in [3.05, 3.63) is 84.4 Å². The number of methoxy groups -OCH3 is 1. The second kappa shape index (κ2) is 8.95. The first kappa shape index (κ1) is 19.3. The normalized spacial score (nSPS) is 10.6. The predicted octanol–water partition coefficient (Wildman–Crippen LogP) is 2.71. The molecule has 0 saturated heterocycles. The molecule has 4 rings (SSSR count). The van der Waals surface area contributed by atoms with Gasteiger partial charge in [0.15, 0.2) is 0 Å². The van der Waals surface area contributed by atoms with Gasteiger partial charge >= 0.3 is 0 Å². The predicted molar refractivity (Wildman–Crippen MR) is 111 cm³/mol. The van der Waals surface area contributed by atoms with Crippen LogP contribution in [0, 0.1) is 0 Å². The number of hydrogen-bond acceptors (Lipinski definition) is 6. The van der Waals surface area contributed by atoms with E-state index in [9.17, 15) is 4.79 Å². The Balaban J connectivity index is 1.63. The third kappa shape index (κ3) is 4.33. The second-order valence-electron chi connectivity index (χ2n) is 6.59. The van der Waals surface area contributed by atoms with Gasteiger partial charge in [0.1, 0.15) is 12.1 Å². The summed E-state index contributed by atoms with van der Waals surface area (Å²) in [4.78, 5) is 17.0. The summed E-state index contributed by atoms with van der Waals surface area (Å²) < 4.78 is 7.01.